The molecule has 68 valence electrons. The first-order chi connectivity index (χ1) is 5.79. The molecule has 0 spiro atoms. The molecular formula is C7H12N2O3. The van der Waals surface area contributed by atoms with Crippen molar-refractivity contribution < 1.29 is 14.6 Å². The summed E-state index contributed by atoms with van der Waals surface area (Å²) >= 11 is 0. The Balaban J connectivity index is 1.97. The molecule has 2 aliphatic rings. The van der Waals surface area contributed by atoms with Crippen LogP contribution in [-0.2, 0) is 4.74 Å². The molecule has 0 aromatic rings. The van der Waals surface area contributed by atoms with Gasteiger partial charge in [0.1, 0.15) is 0 Å². The van der Waals surface area contributed by atoms with Crippen LogP contribution < -0.4 is 10.6 Å². The van der Waals surface area contributed by atoms with Crippen LogP contribution in [0.15, 0.2) is 0 Å². The minimum Gasteiger partial charge on any atom is -0.394 e. The molecule has 2 fully saturated rings. The van der Waals surface area contributed by atoms with Crippen LogP contribution in [0.1, 0.15) is 6.42 Å². The van der Waals surface area contributed by atoms with Crippen LogP contribution in [-0.4, -0.2) is 42.5 Å². The Labute approximate surface area is 70.1 Å². The molecule has 3 N–H and O–H groups in total. The minimum atomic E-state index is -0.132. The summed E-state index contributed by atoms with van der Waals surface area (Å²) in [5.41, 5.74) is 0. The molecule has 2 rings (SSSR count). The number of amides is 2. The van der Waals surface area contributed by atoms with Crippen LogP contribution in [0.4, 0.5) is 4.79 Å². The summed E-state index contributed by atoms with van der Waals surface area (Å²) in [6.07, 6.45) is 0.575. The third-order valence-electron chi connectivity index (χ3n) is 2.35. The summed E-state index contributed by atoms with van der Waals surface area (Å²) in [4.78, 5) is 10.9. The van der Waals surface area contributed by atoms with Crippen molar-refractivity contribution in [1.29, 1.82) is 0 Å². The van der Waals surface area contributed by atoms with Crippen molar-refractivity contribution in [2.45, 2.75) is 24.6 Å². The summed E-state index contributed by atoms with van der Waals surface area (Å²) in [5, 5.41) is 14.3. The number of nitrogens with one attached hydrogen (secondary N) is 2. The van der Waals surface area contributed by atoms with E-state index < -0.39 is 0 Å². The van der Waals surface area contributed by atoms with Crippen molar-refractivity contribution in [2.24, 2.45) is 0 Å². The van der Waals surface area contributed by atoms with Gasteiger partial charge in [-0.1, -0.05) is 0 Å². The highest BCUT2D eigenvalue weighted by Crippen LogP contribution is 2.17. The number of hydrogen-bond donors (Lipinski definition) is 3. The van der Waals surface area contributed by atoms with Gasteiger partial charge in [-0.05, 0) is 6.42 Å². The molecule has 5 nitrogen and oxygen atoms in total. The lowest BCUT2D eigenvalue weighted by atomic mass is 10.0. The molecule has 2 aliphatic heterocycles. The van der Waals surface area contributed by atoms with Gasteiger partial charge in [-0.3, -0.25) is 0 Å². The van der Waals surface area contributed by atoms with Crippen LogP contribution in [0.5, 0.6) is 0 Å². The minimum absolute atomic E-state index is 0.0269. The fourth-order valence-electron chi connectivity index (χ4n) is 1.68. The quantitative estimate of drug-likeness (QED) is 0.466. The summed E-state index contributed by atoms with van der Waals surface area (Å²) in [5.74, 6) is 0. The van der Waals surface area contributed by atoms with Crippen molar-refractivity contribution in [3.05, 3.63) is 0 Å². The van der Waals surface area contributed by atoms with Gasteiger partial charge >= 0.3 is 6.03 Å². The first kappa shape index (κ1) is 7.82. The van der Waals surface area contributed by atoms with Crippen LogP contribution in [0.3, 0.4) is 0 Å². The molecule has 2 heterocycles. The van der Waals surface area contributed by atoms with Crippen LogP contribution >= 0.6 is 0 Å². The molecule has 0 bridgehead atoms. The predicted octanol–water partition coefficient (Wildman–Crippen LogP) is -1.18. The van der Waals surface area contributed by atoms with Crippen molar-refractivity contribution in [3.63, 3.8) is 0 Å². The fourth-order valence-corrected chi connectivity index (χ4v) is 1.68. The highest BCUT2D eigenvalue weighted by molar-refractivity contribution is 5.77. The molecule has 12 heavy (non-hydrogen) atoms. The largest absolute Gasteiger partial charge is 0.394 e. The Morgan fingerprint density at radius 1 is 1.50 bits per heavy atom. The van der Waals surface area contributed by atoms with E-state index in [1.165, 1.54) is 0 Å². The van der Waals surface area contributed by atoms with E-state index in [2.05, 4.69) is 10.6 Å². The first-order valence-electron chi connectivity index (χ1n) is 4.09. The number of carbonyl (C=O) groups is 1. The van der Waals surface area contributed by atoms with Gasteiger partial charge in [0.25, 0.3) is 0 Å². The van der Waals surface area contributed by atoms with Gasteiger partial charge in [0.15, 0.2) is 0 Å². The molecular weight excluding hydrogens is 160 g/mol. The van der Waals surface area contributed by atoms with Gasteiger partial charge in [-0.25, -0.2) is 4.79 Å². The van der Waals surface area contributed by atoms with Gasteiger partial charge in [-0.15, -0.1) is 0 Å². The van der Waals surface area contributed by atoms with Crippen molar-refractivity contribution in [2.75, 3.05) is 13.2 Å². The van der Waals surface area contributed by atoms with Gasteiger partial charge in [-0.2, -0.15) is 0 Å². The van der Waals surface area contributed by atoms with E-state index in [-0.39, 0.29) is 30.8 Å². The van der Waals surface area contributed by atoms with Gasteiger partial charge < -0.3 is 20.5 Å². The van der Waals surface area contributed by atoms with Gasteiger partial charge in [0.2, 0.25) is 0 Å². The number of carbonyl (C=O) groups excluding carboxylic acids is 1. The molecule has 0 radical (unpaired) electrons. The van der Waals surface area contributed by atoms with Crippen LogP contribution in [0.25, 0.3) is 0 Å². The molecule has 2 amide bonds. The second kappa shape index (κ2) is 2.91. The SMILES string of the molecule is O=C1NC2COC(CO)CC2N1. The molecule has 3 unspecified atom stereocenters. The smallest absolute Gasteiger partial charge is 0.315 e. The number of aliphatic hydroxyl groups is 1. The Morgan fingerprint density at radius 2 is 2.25 bits per heavy atom. The van der Waals surface area contributed by atoms with Crippen LogP contribution in [0, 0.1) is 0 Å². The lowest BCUT2D eigenvalue weighted by Gasteiger charge is -2.29. The summed E-state index contributed by atoms with van der Waals surface area (Å²) in [6, 6.07) is 0.0795. The number of aliphatic hydroxyl groups excluding tert-OH is 1. The molecule has 2 saturated heterocycles. The zero-order valence-electron chi connectivity index (χ0n) is 6.62. The lowest BCUT2D eigenvalue weighted by Crippen LogP contribution is -2.46. The summed E-state index contributed by atoms with van der Waals surface area (Å²) < 4.78 is 5.28. The molecule has 0 aliphatic carbocycles. The molecule has 0 aromatic heterocycles. The third-order valence-corrected chi connectivity index (χ3v) is 2.35. The van der Waals surface area contributed by atoms with E-state index in [1.807, 2.05) is 0 Å². The Morgan fingerprint density at radius 3 is 3.00 bits per heavy atom. The number of ether oxygens (including phenoxy) is 1. The number of rotatable bonds is 1. The van der Waals surface area contributed by atoms with E-state index in [0.29, 0.717) is 13.0 Å². The second-order valence-corrected chi connectivity index (χ2v) is 3.20. The Kier molecular flexibility index (Phi) is 1.90. The van der Waals surface area contributed by atoms with E-state index in [9.17, 15) is 4.79 Å². The van der Waals surface area contributed by atoms with E-state index >= 15 is 0 Å². The van der Waals surface area contributed by atoms with E-state index in [4.69, 9.17) is 9.84 Å². The standard InChI is InChI=1S/C7H12N2O3/c10-2-4-1-5-6(3-12-4)9-7(11)8-5/h4-6,10H,1-3H2,(H2,8,9,11). The lowest BCUT2D eigenvalue weighted by molar-refractivity contribution is -0.0342. The topological polar surface area (TPSA) is 70.6 Å². The molecule has 0 aromatic carbocycles. The molecule has 5 heteroatoms. The fraction of sp³-hybridized carbons (Fsp3) is 0.857. The highest BCUT2D eigenvalue weighted by Gasteiger charge is 2.37. The average Bonchev–Trinajstić information content (AvgIpc) is 2.43. The van der Waals surface area contributed by atoms with E-state index in [0.717, 1.165) is 0 Å². The zero-order chi connectivity index (χ0) is 8.55. The third kappa shape index (κ3) is 1.25. The predicted molar refractivity (Wildman–Crippen MR) is 40.7 cm³/mol. The summed E-state index contributed by atoms with van der Waals surface area (Å²) in [6.45, 7) is 0.522. The highest BCUT2D eigenvalue weighted by atomic mass is 16.5. The van der Waals surface area contributed by atoms with Gasteiger partial charge in [0.05, 0.1) is 31.4 Å². The molecule has 3 atom stereocenters. The molecule has 0 saturated carbocycles. The monoisotopic (exact) mass is 172 g/mol. The van der Waals surface area contributed by atoms with Gasteiger partial charge in [0, 0.05) is 0 Å². The number of hydrogen-bond acceptors (Lipinski definition) is 3. The van der Waals surface area contributed by atoms with Crippen molar-refractivity contribution in [1.82, 2.24) is 10.6 Å². The maximum atomic E-state index is 10.9. The normalized spacial score (nSPS) is 40.1. The Hall–Kier alpha value is -0.810. The maximum Gasteiger partial charge on any atom is 0.315 e. The number of urea groups is 1. The zero-order valence-corrected chi connectivity index (χ0v) is 6.62. The average molecular weight is 172 g/mol. The van der Waals surface area contributed by atoms with E-state index in [1.54, 1.807) is 0 Å². The van der Waals surface area contributed by atoms with Crippen molar-refractivity contribution >= 4 is 6.03 Å². The first-order valence-corrected chi connectivity index (χ1v) is 4.09. The maximum absolute atomic E-state index is 10.9. The number of fused-ring (bicyclic) bond motifs is 1. The Bertz CT molecular complexity index is 197. The van der Waals surface area contributed by atoms with Crippen molar-refractivity contribution in [3.8, 4) is 0 Å². The summed E-state index contributed by atoms with van der Waals surface area (Å²) in [7, 11) is 0. The van der Waals surface area contributed by atoms with Crippen LogP contribution in [0.2, 0.25) is 0 Å². The second-order valence-electron chi connectivity index (χ2n) is 3.20.